The lowest BCUT2D eigenvalue weighted by Crippen LogP contribution is -1.98. The molecule has 82 valence electrons. The van der Waals surface area contributed by atoms with E-state index in [-0.39, 0.29) is 0 Å². The molecule has 5 nitrogen and oxygen atoms in total. The first kappa shape index (κ1) is 12.2. The maximum absolute atomic E-state index is 12.9. The Morgan fingerprint density at radius 2 is 1.93 bits per heavy atom. The summed E-state index contributed by atoms with van der Waals surface area (Å²) in [7, 11) is 0.698. The Morgan fingerprint density at radius 3 is 2.33 bits per heavy atom. The van der Waals surface area contributed by atoms with Gasteiger partial charge in [0.2, 0.25) is 5.82 Å². The molecule has 0 fully saturated rings. The third-order valence-electron chi connectivity index (χ3n) is 1.46. The molecule has 0 N–H and O–H groups in total. The minimum atomic E-state index is -4.24. The minimum Gasteiger partial charge on any atom is -0.258 e. The Morgan fingerprint density at radius 1 is 1.40 bits per heavy atom. The maximum atomic E-state index is 12.9. The lowest BCUT2D eigenvalue weighted by Gasteiger charge is -2.00. The van der Waals surface area contributed by atoms with Crippen LogP contribution in [0, 0.1) is 15.9 Å². The normalized spacial score (nSPS) is 11.4. The number of nitro benzene ring substituents is 1. The molecule has 0 saturated heterocycles. The Bertz CT molecular complexity index is 530. The van der Waals surface area contributed by atoms with Crippen LogP contribution in [0.2, 0.25) is 5.02 Å². The highest BCUT2D eigenvalue weighted by molar-refractivity contribution is 8.13. The van der Waals surface area contributed by atoms with Gasteiger partial charge in [0.25, 0.3) is 9.05 Å². The number of nitrogens with zero attached hydrogens (tertiary/aromatic N) is 1. The average molecular weight is 274 g/mol. The zero-order chi connectivity index (χ0) is 11.8. The average Bonchev–Trinajstić information content (AvgIpc) is 2.00. The lowest BCUT2D eigenvalue weighted by molar-refractivity contribution is -0.387. The van der Waals surface area contributed by atoms with Crippen LogP contribution in [0.25, 0.3) is 0 Å². The van der Waals surface area contributed by atoms with E-state index in [1.165, 1.54) is 0 Å². The molecule has 0 aliphatic carbocycles. The minimum absolute atomic E-state index is 0.472. The van der Waals surface area contributed by atoms with Crippen LogP contribution in [0.15, 0.2) is 17.0 Å². The summed E-state index contributed by atoms with van der Waals surface area (Å²) < 4.78 is 34.7. The van der Waals surface area contributed by atoms with Crippen LogP contribution in [-0.4, -0.2) is 13.3 Å². The predicted octanol–water partition coefficient (Wildman–Crippen LogP) is 2.31. The van der Waals surface area contributed by atoms with E-state index in [1.807, 2.05) is 0 Å². The van der Waals surface area contributed by atoms with Crippen molar-refractivity contribution in [2.45, 2.75) is 4.90 Å². The van der Waals surface area contributed by atoms with Gasteiger partial charge >= 0.3 is 5.69 Å². The van der Waals surface area contributed by atoms with Crippen LogP contribution >= 0.6 is 22.3 Å². The summed E-state index contributed by atoms with van der Waals surface area (Å²) in [5.74, 6) is -1.23. The molecule has 9 heteroatoms. The molecular formula is C6H2Cl2FNO4S. The summed E-state index contributed by atoms with van der Waals surface area (Å²) in [6.45, 7) is 0. The predicted molar refractivity (Wildman–Crippen MR) is 51.1 cm³/mol. The molecule has 0 aliphatic rings. The van der Waals surface area contributed by atoms with Crippen molar-refractivity contribution in [3.63, 3.8) is 0 Å². The highest BCUT2D eigenvalue weighted by atomic mass is 35.7. The fourth-order valence-corrected chi connectivity index (χ4v) is 2.35. The van der Waals surface area contributed by atoms with Crippen molar-refractivity contribution in [2.24, 2.45) is 0 Å². The molecular weight excluding hydrogens is 272 g/mol. The van der Waals surface area contributed by atoms with Gasteiger partial charge in [-0.15, -0.1) is 0 Å². The van der Waals surface area contributed by atoms with Crippen molar-refractivity contribution >= 4 is 37.0 Å². The van der Waals surface area contributed by atoms with E-state index in [0.29, 0.717) is 12.1 Å². The van der Waals surface area contributed by atoms with Gasteiger partial charge in [-0.05, 0) is 0 Å². The molecule has 1 aromatic carbocycles. The highest BCUT2D eigenvalue weighted by Gasteiger charge is 2.23. The van der Waals surface area contributed by atoms with E-state index < -0.39 is 35.4 Å². The van der Waals surface area contributed by atoms with E-state index in [0.717, 1.165) is 0 Å². The number of rotatable bonds is 2. The van der Waals surface area contributed by atoms with Gasteiger partial charge in [0.05, 0.1) is 9.95 Å². The van der Waals surface area contributed by atoms with Gasteiger partial charge < -0.3 is 0 Å². The van der Waals surface area contributed by atoms with Gasteiger partial charge in [0, 0.05) is 22.8 Å². The number of nitro groups is 1. The van der Waals surface area contributed by atoms with Crippen LogP contribution in [0.1, 0.15) is 0 Å². The van der Waals surface area contributed by atoms with Gasteiger partial charge in [0.15, 0.2) is 0 Å². The van der Waals surface area contributed by atoms with Gasteiger partial charge in [0.1, 0.15) is 4.90 Å². The molecule has 0 bridgehead atoms. The molecule has 0 aliphatic heterocycles. The quantitative estimate of drug-likeness (QED) is 0.471. The molecule has 0 atom stereocenters. The zero-order valence-corrected chi connectivity index (χ0v) is 9.11. The monoisotopic (exact) mass is 273 g/mol. The second kappa shape index (κ2) is 3.92. The van der Waals surface area contributed by atoms with Crippen LogP contribution in [0.4, 0.5) is 10.1 Å². The summed E-state index contributed by atoms with van der Waals surface area (Å²) >= 11 is 5.36. The molecule has 0 unspecified atom stereocenters. The van der Waals surface area contributed by atoms with Crippen molar-refractivity contribution in [2.75, 3.05) is 0 Å². The van der Waals surface area contributed by atoms with Crippen molar-refractivity contribution < 1.29 is 17.7 Å². The van der Waals surface area contributed by atoms with E-state index >= 15 is 0 Å². The second-order valence-corrected chi connectivity index (χ2v) is 5.37. The van der Waals surface area contributed by atoms with E-state index in [1.54, 1.807) is 0 Å². The first-order valence-corrected chi connectivity index (χ1v) is 6.00. The Hall–Kier alpha value is -0.920. The fourth-order valence-electron chi connectivity index (χ4n) is 0.845. The van der Waals surface area contributed by atoms with E-state index in [4.69, 9.17) is 22.3 Å². The Balaban J connectivity index is 3.58. The molecule has 0 saturated carbocycles. The molecule has 0 aromatic heterocycles. The van der Waals surface area contributed by atoms with Crippen molar-refractivity contribution in [3.8, 4) is 0 Å². The molecule has 0 heterocycles. The molecule has 0 amide bonds. The summed E-state index contributed by atoms with van der Waals surface area (Å²) in [5, 5.41) is 9.79. The summed E-state index contributed by atoms with van der Waals surface area (Å²) in [6.07, 6.45) is 0. The first-order valence-electron chi connectivity index (χ1n) is 3.31. The highest BCUT2D eigenvalue weighted by Crippen LogP contribution is 2.30. The van der Waals surface area contributed by atoms with Gasteiger partial charge in [-0.2, -0.15) is 4.39 Å². The SMILES string of the molecule is O=[N+]([O-])c1cc(S(=O)(=O)Cl)c(Cl)cc1F. The molecule has 0 spiro atoms. The van der Waals surface area contributed by atoms with Crippen molar-refractivity contribution in [1.29, 1.82) is 0 Å². The lowest BCUT2D eigenvalue weighted by atomic mass is 10.3. The molecule has 15 heavy (non-hydrogen) atoms. The summed E-state index contributed by atoms with van der Waals surface area (Å²) in [6, 6.07) is 0.995. The fraction of sp³-hybridized carbons (Fsp3) is 0. The topological polar surface area (TPSA) is 77.3 Å². The summed E-state index contributed by atoms with van der Waals surface area (Å²) in [4.78, 5) is 8.53. The van der Waals surface area contributed by atoms with E-state index in [9.17, 15) is 22.9 Å². The van der Waals surface area contributed by atoms with Crippen LogP contribution in [-0.2, 0) is 9.05 Å². The standard InChI is InChI=1S/C6H2Cl2FNO4S/c7-3-1-4(9)5(10(11)12)2-6(3)15(8,13)14/h1-2H. The first-order chi connectivity index (χ1) is 6.73. The Labute approximate surface area is 93.0 Å². The van der Waals surface area contributed by atoms with Crippen LogP contribution < -0.4 is 0 Å². The maximum Gasteiger partial charge on any atom is 0.306 e. The second-order valence-electron chi connectivity index (χ2n) is 2.43. The molecule has 1 aromatic rings. The molecule has 0 radical (unpaired) electrons. The van der Waals surface area contributed by atoms with Crippen LogP contribution in [0.3, 0.4) is 0 Å². The van der Waals surface area contributed by atoms with Gasteiger partial charge in [-0.3, -0.25) is 10.1 Å². The Kier molecular flexibility index (Phi) is 3.17. The van der Waals surface area contributed by atoms with Gasteiger partial charge in [-0.1, -0.05) is 11.6 Å². The zero-order valence-electron chi connectivity index (χ0n) is 6.78. The van der Waals surface area contributed by atoms with E-state index in [2.05, 4.69) is 0 Å². The number of hydrogen-bond donors (Lipinski definition) is 0. The number of benzene rings is 1. The largest absolute Gasteiger partial charge is 0.306 e. The summed E-state index contributed by atoms with van der Waals surface area (Å²) in [5.41, 5.74) is -1.00. The third-order valence-corrected chi connectivity index (χ3v) is 3.25. The molecule has 1 rings (SSSR count). The van der Waals surface area contributed by atoms with Crippen molar-refractivity contribution in [1.82, 2.24) is 0 Å². The van der Waals surface area contributed by atoms with Crippen LogP contribution in [0.5, 0.6) is 0 Å². The number of hydrogen-bond acceptors (Lipinski definition) is 4. The van der Waals surface area contributed by atoms with Crippen molar-refractivity contribution in [3.05, 3.63) is 33.1 Å². The number of halogens is 3. The third kappa shape index (κ3) is 2.55. The smallest absolute Gasteiger partial charge is 0.258 e. The van der Waals surface area contributed by atoms with Gasteiger partial charge in [-0.25, -0.2) is 8.42 Å².